The number of hydrogen-bond acceptors (Lipinski definition) is 6. The fourth-order valence-electron chi connectivity index (χ4n) is 18.4. The number of benzene rings is 2. The highest BCUT2D eigenvalue weighted by molar-refractivity contribution is 5.75. The third kappa shape index (κ3) is 4.41. The molecule has 8 bridgehead atoms. The van der Waals surface area contributed by atoms with E-state index >= 15 is 0 Å². The summed E-state index contributed by atoms with van der Waals surface area (Å²) in [6.07, 6.45) is 11.3. The Bertz CT molecular complexity index is 2300. The lowest BCUT2D eigenvalue weighted by molar-refractivity contribution is -0.274. The molecule has 14 rings (SSSR count). The van der Waals surface area contributed by atoms with Crippen LogP contribution in [0.3, 0.4) is 0 Å². The normalized spacial score (nSPS) is 44.2. The molecule has 6 saturated carbocycles. The van der Waals surface area contributed by atoms with Crippen LogP contribution in [0, 0.1) is 58.2 Å². The van der Waals surface area contributed by atoms with Crippen LogP contribution >= 0.6 is 0 Å². The van der Waals surface area contributed by atoms with Gasteiger partial charge < -0.3 is 29.5 Å². The lowest BCUT2D eigenvalue weighted by Gasteiger charge is -2.75. The van der Waals surface area contributed by atoms with Gasteiger partial charge in [-0.3, -0.25) is 4.79 Å². The number of fused-ring (bicyclic) bond motifs is 4. The molecule has 8 fully saturated rings. The van der Waals surface area contributed by atoms with Crippen LogP contribution in [-0.2, 0) is 28.5 Å². The molecule has 7 heteroatoms. The number of likely N-dealkylation sites (tertiary alicyclic amines) is 2. The van der Waals surface area contributed by atoms with Crippen LogP contribution < -0.4 is 9.47 Å². The Morgan fingerprint density at radius 3 is 1.50 bits per heavy atom. The molecule has 4 aliphatic heterocycles. The van der Waals surface area contributed by atoms with Crippen LogP contribution in [0.25, 0.3) is 0 Å². The van der Waals surface area contributed by atoms with E-state index in [9.17, 15) is 15.0 Å². The van der Waals surface area contributed by atoms with Crippen molar-refractivity contribution in [2.45, 2.75) is 201 Å². The van der Waals surface area contributed by atoms with E-state index < -0.39 is 11.2 Å². The van der Waals surface area contributed by atoms with Crippen molar-refractivity contribution >= 4 is 5.91 Å². The van der Waals surface area contributed by atoms with Gasteiger partial charge in [0.25, 0.3) is 0 Å². The highest BCUT2D eigenvalue weighted by atomic mass is 16.5. The van der Waals surface area contributed by atoms with Gasteiger partial charge >= 0.3 is 0 Å². The molecular formula is C55H78N2O5. The second-order valence-corrected chi connectivity index (χ2v) is 26.2. The number of aliphatic hydroxyl groups is 2. The summed E-state index contributed by atoms with van der Waals surface area (Å²) in [7, 11) is 2.34. The molecule has 0 radical (unpaired) electrons. The maximum absolute atomic E-state index is 12.8. The summed E-state index contributed by atoms with van der Waals surface area (Å²) in [5, 5.41) is 24.1. The van der Waals surface area contributed by atoms with Gasteiger partial charge in [-0.25, -0.2) is 0 Å². The van der Waals surface area contributed by atoms with Crippen molar-refractivity contribution in [3.8, 4) is 11.5 Å². The summed E-state index contributed by atoms with van der Waals surface area (Å²) in [6, 6.07) is 9.95. The molecule has 14 atom stereocenters. The highest BCUT2D eigenvalue weighted by Gasteiger charge is 2.82. The van der Waals surface area contributed by atoms with E-state index in [1.807, 2.05) is 0 Å². The van der Waals surface area contributed by atoms with E-state index in [2.05, 4.69) is 124 Å². The number of carbonyl (C=O) groups excluding carboxylic acids is 1. The third-order valence-electron chi connectivity index (χ3n) is 22.5. The number of aryl methyl sites for hydroxylation is 2. The summed E-state index contributed by atoms with van der Waals surface area (Å²) in [4.78, 5) is 17.7. The molecule has 2 saturated heterocycles. The van der Waals surface area contributed by atoms with Gasteiger partial charge in [-0.2, -0.15) is 0 Å². The van der Waals surface area contributed by atoms with Crippen LogP contribution in [-0.4, -0.2) is 81.6 Å². The summed E-state index contributed by atoms with van der Waals surface area (Å²) in [5.41, 5.74) is 6.77. The number of ether oxygens (including phenoxy) is 2. The molecule has 8 aliphatic carbocycles. The Labute approximate surface area is 373 Å². The number of rotatable bonds is 2. The molecule has 1 amide bonds. The first-order chi connectivity index (χ1) is 28.7. The van der Waals surface area contributed by atoms with Gasteiger partial charge in [-0.15, -0.1) is 0 Å². The fourth-order valence-corrected chi connectivity index (χ4v) is 18.4. The fraction of sp³-hybridized carbons (Fsp3) is 0.764. The van der Waals surface area contributed by atoms with Gasteiger partial charge in [0.05, 0.1) is 11.2 Å². The number of hydrogen-bond donors (Lipinski definition) is 2. The molecule has 2 aromatic carbocycles. The quantitative estimate of drug-likeness (QED) is 0.314. The minimum Gasteiger partial charge on any atom is -0.488 e. The molecule has 4 heterocycles. The van der Waals surface area contributed by atoms with Crippen LogP contribution in [0.2, 0.25) is 0 Å². The summed E-state index contributed by atoms with van der Waals surface area (Å²) in [6.45, 7) is 30.3. The smallest absolute Gasteiger partial charge is 0.219 e. The summed E-state index contributed by atoms with van der Waals surface area (Å²) >= 11 is 0. The molecule has 2 aromatic rings. The van der Waals surface area contributed by atoms with E-state index in [4.69, 9.17) is 9.47 Å². The van der Waals surface area contributed by atoms with E-state index in [0.29, 0.717) is 6.04 Å². The van der Waals surface area contributed by atoms with Crippen LogP contribution in [0.5, 0.6) is 11.5 Å². The molecule has 0 unspecified atom stereocenters. The standard InChI is InChI=1S/C28H39NO3.C27H39NO2/c1-16-8-9-18-14-20-27-11-10-25(6,19(15-27)26(7,31)24(3,4)5)23-28(27,21(18)22(16)32-23)12-13-29(20)17(2)30;1-16-8-9-17-14-19-26-11-10-24(5,18(15-26)25(6,29)23(2,3)4)22-27(26,12-13-28(19)7)20(17)21(16)30-22/h8-9,19-20,23,31H,10-15H2,1-7H3;8-9,18-19,22,29H,10-15H2,1-7H3/t19-,20+,23-,25-,26-,27+,28-;18-,19+,22-,24-,25-,26+,27-/m00/s1. The van der Waals surface area contributed by atoms with Crippen molar-refractivity contribution in [3.63, 3.8) is 0 Å². The Hall–Kier alpha value is -2.61. The molecule has 0 aromatic heterocycles. The Kier molecular flexibility index (Phi) is 8.17. The molecule has 338 valence electrons. The largest absolute Gasteiger partial charge is 0.488 e. The maximum Gasteiger partial charge on any atom is 0.219 e. The number of amides is 1. The second-order valence-electron chi connectivity index (χ2n) is 26.2. The predicted octanol–water partition coefficient (Wildman–Crippen LogP) is 9.63. The van der Waals surface area contributed by atoms with E-state index in [-0.39, 0.29) is 79.3 Å². The van der Waals surface area contributed by atoms with Gasteiger partial charge in [-0.1, -0.05) is 79.7 Å². The van der Waals surface area contributed by atoms with Crippen molar-refractivity contribution < 1.29 is 24.5 Å². The Morgan fingerprint density at radius 2 is 1.06 bits per heavy atom. The Morgan fingerprint density at radius 1 is 0.645 bits per heavy atom. The van der Waals surface area contributed by atoms with Gasteiger partial charge in [0, 0.05) is 69.2 Å². The van der Waals surface area contributed by atoms with E-state index in [1.54, 1.807) is 12.5 Å². The monoisotopic (exact) mass is 847 g/mol. The van der Waals surface area contributed by atoms with Crippen LogP contribution in [0.4, 0.5) is 0 Å². The number of likely N-dealkylation sites (N-methyl/N-ethyl adjacent to an activating group) is 1. The maximum atomic E-state index is 12.8. The zero-order chi connectivity index (χ0) is 44.5. The number of nitrogens with zero attached hydrogens (tertiary/aromatic N) is 2. The van der Waals surface area contributed by atoms with Crippen molar-refractivity contribution in [2.75, 3.05) is 20.1 Å². The van der Waals surface area contributed by atoms with Crippen LogP contribution in [0.1, 0.15) is 161 Å². The van der Waals surface area contributed by atoms with Crippen molar-refractivity contribution in [3.05, 3.63) is 57.6 Å². The average Bonchev–Trinajstić information content (AvgIpc) is 3.75. The molecule has 4 spiro atoms. The summed E-state index contributed by atoms with van der Waals surface area (Å²) < 4.78 is 14.1. The Balaban J connectivity index is 0.000000140. The van der Waals surface area contributed by atoms with Gasteiger partial charge in [0.2, 0.25) is 5.91 Å². The van der Waals surface area contributed by atoms with Crippen molar-refractivity contribution in [1.29, 1.82) is 0 Å². The number of piperidine rings is 2. The topological polar surface area (TPSA) is 82.5 Å². The average molecular weight is 847 g/mol. The lowest BCUT2D eigenvalue weighted by Crippen LogP contribution is -2.80. The second kappa shape index (κ2) is 12.0. The molecule has 12 aliphatic rings. The first-order valence-corrected chi connectivity index (χ1v) is 24.7. The lowest BCUT2D eigenvalue weighted by atomic mass is 9.31. The molecule has 62 heavy (non-hydrogen) atoms. The van der Waals surface area contributed by atoms with Crippen LogP contribution in [0.15, 0.2) is 24.3 Å². The summed E-state index contributed by atoms with van der Waals surface area (Å²) in [5.74, 6) is 2.91. The minimum atomic E-state index is -0.820. The zero-order valence-corrected chi connectivity index (χ0v) is 40.8. The first kappa shape index (κ1) is 42.1. The van der Waals surface area contributed by atoms with Gasteiger partial charge in [0.15, 0.2) is 0 Å². The minimum absolute atomic E-state index is 0.000931. The zero-order valence-electron chi connectivity index (χ0n) is 40.8. The van der Waals surface area contributed by atoms with Gasteiger partial charge in [0.1, 0.15) is 23.7 Å². The van der Waals surface area contributed by atoms with Crippen molar-refractivity contribution in [1.82, 2.24) is 9.80 Å². The van der Waals surface area contributed by atoms with E-state index in [0.717, 1.165) is 63.8 Å². The highest BCUT2D eigenvalue weighted by Crippen LogP contribution is 2.81. The SMILES string of the molecule is CC(=O)N1CC[C@]23c4c5ccc(C)c4O[C@H]2[C@@]2(C)CC[C@@]3(C[C@@H]2[C@](C)(O)C(C)(C)C)[C@H]1C5.Cc1ccc2c3c1O[C@H]1[C@@]4(C)CC[C@@]5(C[C@@H]4[C@](C)(O)C(C)(C)C)[C@@H](C2)N(C)CC[C@]315. The molecular weight excluding hydrogens is 769 g/mol. The van der Waals surface area contributed by atoms with E-state index in [1.165, 1.54) is 52.8 Å². The van der Waals surface area contributed by atoms with Gasteiger partial charge in [-0.05, 0) is 150 Å². The first-order valence-electron chi connectivity index (χ1n) is 24.7. The molecule has 2 N–H and O–H groups in total. The third-order valence-corrected chi connectivity index (χ3v) is 22.5. The van der Waals surface area contributed by atoms with Crippen molar-refractivity contribution in [2.24, 2.45) is 44.3 Å². The molecule has 7 nitrogen and oxygen atoms in total. The number of carbonyl (C=O) groups is 1. The predicted molar refractivity (Wildman–Crippen MR) is 245 cm³/mol.